The molecule has 0 spiro atoms. The van der Waals surface area contributed by atoms with Crippen LogP contribution in [-0.2, 0) is 9.53 Å². The molecule has 0 radical (unpaired) electrons. The third-order valence-electron chi connectivity index (χ3n) is 4.02. The number of unbranched alkanes of at least 4 members (excludes halogenated alkanes) is 1. The highest BCUT2D eigenvalue weighted by Crippen LogP contribution is 2.13. The molecule has 5 nitrogen and oxygen atoms in total. The van der Waals surface area contributed by atoms with E-state index in [-0.39, 0.29) is 11.9 Å². The van der Waals surface area contributed by atoms with E-state index in [4.69, 9.17) is 10.5 Å². The number of carbonyl (C=O) groups is 1. The van der Waals surface area contributed by atoms with E-state index in [1.807, 2.05) is 0 Å². The zero-order valence-electron chi connectivity index (χ0n) is 13.9. The topological polar surface area (TPSA) is 67.6 Å². The van der Waals surface area contributed by atoms with Crippen LogP contribution in [0.2, 0.25) is 0 Å². The van der Waals surface area contributed by atoms with Gasteiger partial charge in [-0.3, -0.25) is 9.69 Å². The molecule has 5 heteroatoms. The van der Waals surface area contributed by atoms with Crippen molar-refractivity contribution >= 4 is 5.91 Å². The molecule has 1 heterocycles. The van der Waals surface area contributed by atoms with E-state index < -0.39 is 0 Å². The second-order valence-electron chi connectivity index (χ2n) is 6.43. The zero-order chi connectivity index (χ0) is 15.7. The molecule has 0 aromatic rings. The lowest BCUT2D eigenvalue weighted by Crippen LogP contribution is -2.51. The Labute approximate surface area is 129 Å². The lowest BCUT2D eigenvalue weighted by molar-refractivity contribution is -0.122. The van der Waals surface area contributed by atoms with Crippen LogP contribution in [0.3, 0.4) is 0 Å². The van der Waals surface area contributed by atoms with Gasteiger partial charge in [-0.15, -0.1) is 0 Å². The Hall–Kier alpha value is -0.650. The van der Waals surface area contributed by atoms with Crippen molar-refractivity contribution in [1.29, 1.82) is 0 Å². The Bertz CT molecular complexity index is 291. The maximum Gasteiger partial charge on any atom is 0.236 e. The van der Waals surface area contributed by atoms with Gasteiger partial charge in [0, 0.05) is 25.7 Å². The smallest absolute Gasteiger partial charge is 0.236 e. The van der Waals surface area contributed by atoms with Crippen LogP contribution < -0.4 is 11.1 Å². The van der Waals surface area contributed by atoms with Gasteiger partial charge >= 0.3 is 0 Å². The van der Waals surface area contributed by atoms with Gasteiger partial charge in [-0.1, -0.05) is 33.6 Å². The molecule has 1 amide bonds. The van der Waals surface area contributed by atoms with Crippen LogP contribution in [0.25, 0.3) is 0 Å². The van der Waals surface area contributed by atoms with Crippen LogP contribution in [0, 0.1) is 5.92 Å². The Morgan fingerprint density at radius 1 is 1.33 bits per heavy atom. The summed E-state index contributed by atoms with van der Waals surface area (Å²) in [4.78, 5) is 14.5. The lowest BCUT2D eigenvalue weighted by Gasteiger charge is -2.35. The fourth-order valence-electron chi connectivity index (χ4n) is 2.75. The lowest BCUT2D eigenvalue weighted by atomic mass is 10.0. The fourth-order valence-corrected chi connectivity index (χ4v) is 2.75. The molecule has 0 saturated carbocycles. The molecule has 1 aliphatic rings. The number of hydrogen-bond acceptors (Lipinski definition) is 4. The number of ether oxygens (including phenoxy) is 1. The maximum atomic E-state index is 12.0. The summed E-state index contributed by atoms with van der Waals surface area (Å²) in [6.45, 7) is 10.7. The van der Waals surface area contributed by atoms with Gasteiger partial charge in [0.05, 0.1) is 19.3 Å². The summed E-state index contributed by atoms with van der Waals surface area (Å²) in [6, 6.07) is 0.0190. The van der Waals surface area contributed by atoms with E-state index in [0.29, 0.717) is 18.5 Å². The van der Waals surface area contributed by atoms with Gasteiger partial charge in [0.2, 0.25) is 5.91 Å². The first-order valence-electron chi connectivity index (χ1n) is 8.39. The van der Waals surface area contributed by atoms with Gasteiger partial charge in [-0.25, -0.2) is 0 Å². The molecule has 1 fully saturated rings. The molecule has 1 saturated heterocycles. The molecule has 0 bridgehead atoms. The monoisotopic (exact) mass is 299 g/mol. The first kappa shape index (κ1) is 18.4. The molecular weight excluding hydrogens is 266 g/mol. The molecule has 21 heavy (non-hydrogen) atoms. The summed E-state index contributed by atoms with van der Waals surface area (Å²) in [5, 5.41) is 3.05. The fraction of sp³-hybridized carbons (Fsp3) is 0.938. The third-order valence-corrected chi connectivity index (χ3v) is 4.02. The molecule has 0 aromatic heterocycles. The van der Waals surface area contributed by atoms with Crippen LogP contribution in [0.15, 0.2) is 0 Å². The van der Waals surface area contributed by atoms with E-state index in [2.05, 4.69) is 31.0 Å². The molecule has 1 rings (SSSR count). The highest BCUT2D eigenvalue weighted by atomic mass is 16.5. The van der Waals surface area contributed by atoms with Crippen molar-refractivity contribution in [1.82, 2.24) is 10.2 Å². The Balaban J connectivity index is 2.42. The van der Waals surface area contributed by atoms with E-state index in [9.17, 15) is 4.79 Å². The van der Waals surface area contributed by atoms with Crippen molar-refractivity contribution < 1.29 is 9.53 Å². The van der Waals surface area contributed by atoms with Crippen LogP contribution in [0.5, 0.6) is 0 Å². The number of hydrogen-bond donors (Lipinski definition) is 2. The quantitative estimate of drug-likeness (QED) is 0.675. The predicted octanol–water partition coefficient (Wildman–Crippen LogP) is 1.37. The third kappa shape index (κ3) is 7.25. The number of morpholine rings is 1. The second-order valence-corrected chi connectivity index (χ2v) is 6.43. The number of amides is 1. The predicted molar refractivity (Wildman–Crippen MR) is 86.1 cm³/mol. The van der Waals surface area contributed by atoms with Gasteiger partial charge in [0.1, 0.15) is 0 Å². The van der Waals surface area contributed by atoms with Crippen LogP contribution in [0.1, 0.15) is 46.5 Å². The van der Waals surface area contributed by atoms with Crippen molar-refractivity contribution in [3.05, 3.63) is 0 Å². The number of carbonyl (C=O) groups excluding carboxylic acids is 1. The van der Waals surface area contributed by atoms with Crippen molar-refractivity contribution in [3.63, 3.8) is 0 Å². The minimum Gasteiger partial charge on any atom is -0.379 e. The molecule has 0 aliphatic carbocycles. The first-order chi connectivity index (χ1) is 10.0. The summed E-state index contributed by atoms with van der Waals surface area (Å²) in [6.07, 6.45) is 3.94. The van der Waals surface area contributed by atoms with Crippen LogP contribution in [-0.4, -0.2) is 55.7 Å². The average molecular weight is 299 g/mol. The van der Waals surface area contributed by atoms with Crippen molar-refractivity contribution in [2.45, 2.75) is 58.5 Å². The van der Waals surface area contributed by atoms with Gasteiger partial charge in [-0.2, -0.15) is 0 Å². The maximum absolute atomic E-state index is 12.0. The number of nitrogens with two attached hydrogens (primary N) is 1. The van der Waals surface area contributed by atoms with Crippen molar-refractivity contribution in [2.75, 3.05) is 32.8 Å². The number of nitrogens with zero attached hydrogens (tertiary/aromatic N) is 1. The zero-order valence-corrected chi connectivity index (χ0v) is 13.9. The summed E-state index contributed by atoms with van der Waals surface area (Å²) in [5.74, 6) is 0.606. The second kappa shape index (κ2) is 10.1. The van der Waals surface area contributed by atoms with E-state index in [0.717, 1.165) is 52.0 Å². The Kier molecular flexibility index (Phi) is 8.88. The highest BCUT2D eigenvalue weighted by Gasteiger charge is 2.23. The summed E-state index contributed by atoms with van der Waals surface area (Å²) in [5.41, 5.74) is 5.92. The summed E-state index contributed by atoms with van der Waals surface area (Å²) < 4.78 is 5.41. The van der Waals surface area contributed by atoms with E-state index in [1.165, 1.54) is 0 Å². The Morgan fingerprint density at radius 2 is 2.00 bits per heavy atom. The van der Waals surface area contributed by atoms with E-state index in [1.54, 1.807) is 0 Å². The SMILES string of the molecule is CCCC[C@H](N)C(=O)NCC(CC(C)C)N1CCOCC1. The van der Waals surface area contributed by atoms with Crippen molar-refractivity contribution in [2.24, 2.45) is 11.7 Å². The first-order valence-corrected chi connectivity index (χ1v) is 8.39. The van der Waals surface area contributed by atoms with Crippen LogP contribution in [0.4, 0.5) is 0 Å². The number of nitrogens with one attached hydrogen (secondary N) is 1. The summed E-state index contributed by atoms with van der Waals surface area (Å²) >= 11 is 0. The minimum absolute atomic E-state index is 0.00883. The Morgan fingerprint density at radius 3 is 2.57 bits per heavy atom. The summed E-state index contributed by atoms with van der Waals surface area (Å²) in [7, 11) is 0. The average Bonchev–Trinajstić information content (AvgIpc) is 2.49. The largest absolute Gasteiger partial charge is 0.379 e. The normalized spacial score (nSPS) is 19.5. The van der Waals surface area contributed by atoms with Gasteiger partial charge in [0.15, 0.2) is 0 Å². The van der Waals surface area contributed by atoms with Crippen molar-refractivity contribution in [3.8, 4) is 0 Å². The highest BCUT2D eigenvalue weighted by molar-refractivity contribution is 5.81. The molecule has 1 aliphatic heterocycles. The van der Waals surface area contributed by atoms with Gasteiger partial charge in [-0.05, 0) is 18.8 Å². The molecule has 2 atom stereocenters. The van der Waals surface area contributed by atoms with E-state index >= 15 is 0 Å². The minimum atomic E-state index is -0.366. The molecule has 0 aromatic carbocycles. The van der Waals surface area contributed by atoms with Gasteiger partial charge in [0.25, 0.3) is 0 Å². The molecule has 3 N–H and O–H groups in total. The number of rotatable bonds is 9. The molecule has 1 unspecified atom stereocenters. The standard InChI is InChI=1S/C16H33N3O2/c1-4-5-6-15(17)16(20)18-12-14(11-13(2)3)19-7-9-21-10-8-19/h13-15H,4-12,17H2,1-3H3,(H,18,20)/t14?,15-/m0/s1. The van der Waals surface area contributed by atoms with Gasteiger partial charge < -0.3 is 15.8 Å². The molecule has 124 valence electrons. The molecular formula is C16H33N3O2. The van der Waals surface area contributed by atoms with Crippen LogP contribution >= 0.6 is 0 Å².